The highest BCUT2D eigenvalue weighted by Crippen LogP contribution is 2.28. The second kappa shape index (κ2) is 9.33. The fraction of sp³-hybridized carbons (Fsp3) is 0.0833. The average Bonchev–Trinajstić information content (AvgIpc) is 3.27. The van der Waals surface area contributed by atoms with Gasteiger partial charge in [-0.05, 0) is 35.4 Å². The van der Waals surface area contributed by atoms with Gasteiger partial charge < -0.3 is 10.1 Å². The molecule has 0 saturated heterocycles. The summed E-state index contributed by atoms with van der Waals surface area (Å²) in [6.45, 7) is 0. The first-order chi connectivity index (χ1) is 15.4. The number of thiazole rings is 1. The fourth-order valence-electron chi connectivity index (χ4n) is 3.12. The molecular weight excluding hydrogens is 444 g/mol. The molecule has 8 heteroatoms. The van der Waals surface area contributed by atoms with Crippen LogP contribution in [0.15, 0.2) is 89.1 Å². The number of carbonyl (C=O) groups excluding carboxylic acids is 1. The summed E-state index contributed by atoms with van der Waals surface area (Å²) in [6.07, 6.45) is 0. The van der Waals surface area contributed by atoms with Crippen molar-refractivity contribution in [2.45, 2.75) is 4.90 Å². The lowest BCUT2D eigenvalue weighted by molar-refractivity contribution is -0.113. The minimum atomic E-state index is -3.77. The van der Waals surface area contributed by atoms with E-state index in [9.17, 15) is 13.2 Å². The number of nitrogens with zero attached hydrogens (tertiary/aromatic N) is 1. The van der Waals surface area contributed by atoms with Crippen LogP contribution in [-0.2, 0) is 14.6 Å². The average molecular weight is 465 g/mol. The number of aromatic nitrogens is 1. The molecule has 32 heavy (non-hydrogen) atoms. The summed E-state index contributed by atoms with van der Waals surface area (Å²) in [5.74, 6) is -0.762. The van der Waals surface area contributed by atoms with Gasteiger partial charge in [0.15, 0.2) is 15.0 Å². The number of hydrogen-bond donors (Lipinski definition) is 1. The third kappa shape index (κ3) is 5.04. The van der Waals surface area contributed by atoms with Crippen LogP contribution in [-0.4, -0.2) is 32.2 Å². The van der Waals surface area contributed by atoms with Gasteiger partial charge in [-0.1, -0.05) is 54.6 Å². The largest absolute Gasteiger partial charge is 0.497 e. The quantitative estimate of drug-likeness (QED) is 0.421. The van der Waals surface area contributed by atoms with Crippen molar-refractivity contribution in [3.63, 3.8) is 0 Å². The van der Waals surface area contributed by atoms with E-state index in [2.05, 4.69) is 10.3 Å². The summed E-state index contributed by atoms with van der Waals surface area (Å²) in [6, 6.07) is 24.0. The molecule has 0 aliphatic carbocycles. The molecule has 162 valence electrons. The highest BCUT2D eigenvalue weighted by Gasteiger charge is 2.20. The molecule has 0 radical (unpaired) electrons. The Balaban J connectivity index is 1.42. The van der Waals surface area contributed by atoms with Crippen LogP contribution >= 0.6 is 11.3 Å². The molecule has 1 aromatic heterocycles. The van der Waals surface area contributed by atoms with Crippen LogP contribution in [0.3, 0.4) is 0 Å². The van der Waals surface area contributed by atoms with Crippen LogP contribution in [0.4, 0.5) is 5.13 Å². The topological polar surface area (TPSA) is 85.4 Å². The molecule has 1 amide bonds. The zero-order valence-corrected chi connectivity index (χ0v) is 18.8. The SMILES string of the molecule is COc1ccc(S(=O)(=O)CC(=O)Nc2nc(-c3ccc(-c4ccccc4)cc3)cs2)cc1. The third-order valence-electron chi connectivity index (χ3n) is 4.78. The van der Waals surface area contributed by atoms with Gasteiger partial charge in [0.1, 0.15) is 11.5 Å². The van der Waals surface area contributed by atoms with Gasteiger partial charge in [0, 0.05) is 10.9 Å². The molecule has 3 aromatic carbocycles. The molecule has 0 atom stereocenters. The Hall–Kier alpha value is -3.49. The smallest absolute Gasteiger partial charge is 0.241 e. The van der Waals surface area contributed by atoms with Crippen LogP contribution in [0, 0.1) is 0 Å². The van der Waals surface area contributed by atoms with E-state index in [-0.39, 0.29) is 4.90 Å². The third-order valence-corrected chi connectivity index (χ3v) is 7.17. The van der Waals surface area contributed by atoms with E-state index in [0.717, 1.165) is 16.7 Å². The van der Waals surface area contributed by atoms with E-state index in [1.54, 1.807) is 12.1 Å². The van der Waals surface area contributed by atoms with E-state index in [1.807, 2.05) is 60.0 Å². The first kappa shape index (κ1) is 21.7. The fourth-order valence-corrected chi connectivity index (χ4v) is 4.99. The van der Waals surface area contributed by atoms with E-state index in [4.69, 9.17) is 4.74 Å². The maximum Gasteiger partial charge on any atom is 0.241 e. The van der Waals surface area contributed by atoms with E-state index in [1.165, 1.54) is 30.6 Å². The predicted molar refractivity (Wildman–Crippen MR) is 127 cm³/mol. The maximum atomic E-state index is 12.5. The van der Waals surface area contributed by atoms with Gasteiger partial charge in [-0.15, -0.1) is 11.3 Å². The van der Waals surface area contributed by atoms with Gasteiger partial charge in [0.25, 0.3) is 0 Å². The molecule has 4 aromatic rings. The van der Waals surface area contributed by atoms with E-state index >= 15 is 0 Å². The zero-order chi connectivity index (χ0) is 22.6. The van der Waals surface area contributed by atoms with Crippen LogP contribution in [0.25, 0.3) is 22.4 Å². The zero-order valence-electron chi connectivity index (χ0n) is 17.2. The Morgan fingerprint density at radius 2 is 1.53 bits per heavy atom. The minimum Gasteiger partial charge on any atom is -0.497 e. The van der Waals surface area contributed by atoms with Crippen molar-refractivity contribution in [1.29, 1.82) is 0 Å². The Kier molecular flexibility index (Phi) is 6.34. The molecule has 0 aliphatic heterocycles. The molecule has 0 spiro atoms. The summed E-state index contributed by atoms with van der Waals surface area (Å²) >= 11 is 1.25. The predicted octanol–water partition coefficient (Wildman–Crippen LogP) is 4.90. The van der Waals surface area contributed by atoms with Crippen molar-refractivity contribution in [2.75, 3.05) is 18.2 Å². The number of amides is 1. The Bertz CT molecular complexity index is 1310. The number of methoxy groups -OCH3 is 1. The van der Waals surface area contributed by atoms with Crippen molar-refractivity contribution in [3.8, 4) is 28.1 Å². The van der Waals surface area contributed by atoms with Gasteiger partial charge in [-0.25, -0.2) is 13.4 Å². The monoisotopic (exact) mass is 464 g/mol. The number of sulfone groups is 1. The first-order valence-electron chi connectivity index (χ1n) is 9.73. The molecule has 4 rings (SSSR count). The summed E-state index contributed by atoms with van der Waals surface area (Å²) in [5.41, 5.74) is 3.85. The van der Waals surface area contributed by atoms with Crippen LogP contribution in [0.1, 0.15) is 0 Å². The Morgan fingerprint density at radius 1 is 0.906 bits per heavy atom. The Morgan fingerprint density at radius 3 is 2.19 bits per heavy atom. The minimum absolute atomic E-state index is 0.0618. The number of anilines is 1. The van der Waals surface area contributed by atoms with E-state index < -0.39 is 21.5 Å². The van der Waals surface area contributed by atoms with Gasteiger partial charge >= 0.3 is 0 Å². The summed E-state index contributed by atoms with van der Waals surface area (Å²) in [7, 11) is -2.27. The van der Waals surface area contributed by atoms with Gasteiger partial charge in [0.2, 0.25) is 5.91 Å². The standard InChI is InChI=1S/C24H20N2O4S2/c1-30-20-11-13-21(14-12-20)32(28,29)16-23(27)26-24-25-22(15-31-24)19-9-7-18(8-10-19)17-5-3-2-4-6-17/h2-15H,16H2,1H3,(H,25,26,27). The molecule has 6 nitrogen and oxygen atoms in total. The summed E-state index contributed by atoms with van der Waals surface area (Å²) in [4.78, 5) is 16.8. The molecule has 0 saturated carbocycles. The van der Waals surface area contributed by atoms with Crippen LogP contribution in [0.2, 0.25) is 0 Å². The lowest BCUT2D eigenvalue weighted by atomic mass is 10.0. The van der Waals surface area contributed by atoms with Crippen molar-refractivity contribution in [3.05, 3.63) is 84.2 Å². The van der Waals surface area contributed by atoms with Gasteiger partial charge in [-0.2, -0.15) is 0 Å². The Labute approximate surface area is 190 Å². The highest BCUT2D eigenvalue weighted by atomic mass is 32.2. The van der Waals surface area contributed by atoms with Crippen molar-refractivity contribution in [1.82, 2.24) is 4.98 Å². The number of nitrogens with one attached hydrogen (secondary N) is 1. The normalized spacial score (nSPS) is 11.2. The first-order valence-corrected chi connectivity index (χ1v) is 12.3. The number of benzene rings is 3. The number of rotatable bonds is 7. The molecule has 1 N–H and O–H groups in total. The molecule has 0 aliphatic rings. The van der Waals surface area contributed by atoms with E-state index in [0.29, 0.717) is 16.6 Å². The van der Waals surface area contributed by atoms with Crippen molar-refractivity contribution in [2.24, 2.45) is 0 Å². The summed E-state index contributed by atoms with van der Waals surface area (Å²) in [5, 5.41) is 4.76. The second-order valence-corrected chi connectivity index (χ2v) is 9.81. The van der Waals surface area contributed by atoms with Crippen molar-refractivity contribution < 1.29 is 17.9 Å². The van der Waals surface area contributed by atoms with Gasteiger partial charge in [-0.3, -0.25) is 4.79 Å². The molecule has 0 bridgehead atoms. The molecule has 0 fully saturated rings. The number of hydrogen-bond acceptors (Lipinski definition) is 6. The molecular formula is C24H20N2O4S2. The van der Waals surface area contributed by atoms with Gasteiger partial charge in [0.05, 0.1) is 17.7 Å². The molecule has 1 heterocycles. The lowest BCUT2D eigenvalue weighted by Crippen LogP contribution is -2.22. The number of ether oxygens (including phenoxy) is 1. The number of carbonyl (C=O) groups is 1. The molecule has 0 unspecified atom stereocenters. The maximum absolute atomic E-state index is 12.5. The highest BCUT2D eigenvalue weighted by molar-refractivity contribution is 7.92. The van der Waals surface area contributed by atoms with Crippen LogP contribution in [0.5, 0.6) is 5.75 Å². The second-order valence-electron chi connectivity index (χ2n) is 6.96. The lowest BCUT2D eigenvalue weighted by Gasteiger charge is -2.06. The van der Waals surface area contributed by atoms with Crippen molar-refractivity contribution >= 4 is 32.2 Å². The van der Waals surface area contributed by atoms with Crippen LogP contribution < -0.4 is 10.1 Å². The summed E-state index contributed by atoms with van der Waals surface area (Å²) < 4.78 is 30.0.